The van der Waals surface area contributed by atoms with E-state index in [0.29, 0.717) is 33.6 Å². The predicted molar refractivity (Wildman–Crippen MR) is 125 cm³/mol. The van der Waals surface area contributed by atoms with Crippen molar-refractivity contribution < 1.29 is 14.3 Å². The number of rotatable bonds is 6. The van der Waals surface area contributed by atoms with Gasteiger partial charge in [-0.05, 0) is 49.2 Å². The fourth-order valence-corrected chi connectivity index (χ4v) is 3.13. The summed E-state index contributed by atoms with van der Waals surface area (Å²) in [5.41, 5.74) is 10.6. The molecule has 2 amide bonds. The number of benzene rings is 2. The van der Waals surface area contributed by atoms with Crippen LogP contribution in [0.3, 0.4) is 0 Å². The van der Waals surface area contributed by atoms with E-state index >= 15 is 0 Å². The molecule has 0 spiro atoms. The number of ether oxygens (including phenoxy) is 2. The van der Waals surface area contributed by atoms with Crippen molar-refractivity contribution in [1.29, 1.82) is 0 Å². The molecule has 0 saturated carbocycles. The van der Waals surface area contributed by atoms with E-state index in [-0.39, 0.29) is 6.61 Å². The Kier molecular flexibility index (Phi) is 8.30. The van der Waals surface area contributed by atoms with E-state index in [1.807, 2.05) is 32.0 Å². The van der Waals surface area contributed by atoms with Gasteiger partial charge in [0, 0.05) is 36.6 Å². The lowest BCUT2D eigenvalue weighted by atomic mass is 10.1. The molecule has 0 heterocycles. The van der Waals surface area contributed by atoms with E-state index < -0.39 is 6.03 Å². The number of hydrogen-bond donors (Lipinski definition) is 3. The molecule has 0 bridgehead atoms. The average molecular weight is 446 g/mol. The maximum Gasteiger partial charge on any atom is 0.335 e. The summed E-state index contributed by atoms with van der Waals surface area (Å²) < 4.78 is 11.2. The topological polar surface area (TPSA) is 115 Å². The minimum atomic E-state index is -0.432. The number of nitrogens with two attached hydrogens (primary N) is 2. The zero-order valence-electron chi connectivity index (χ0n) is 18.3. The Bertz CT molecular complexity index is 1020. The molecule has 0 aliphatic carbocycles. The standard InChI is InChI=1S/C22H28ClN5O3/c1-13-7-6-8-18(27-22(29)28(4)25)16(13)12-31-19-10-9-15(11-17(19)23)20(24)14(2)21(26-3)30-5/h6-11H,12,24-25H2,1-5H3,(H,27,29). The second kappa shape index (κ2) is 10.7. The number of methoxy groups -OCH3 is 1. The van der Waals surface area contributed by atoms with Crippen molar-refractivity contribution >= 4 is 34.9 Å². The number of anilines is 1. The van der Waals surface area contributed by atoms with Crippen LogP contribution in [0.2, 0.25) is 5.02 Å². The number of carbonyl (C=O) groups excluding carboxylic acids is 1. The van der Waals surface area contributed by atoms with Gasteiger partial charge in [-0.2, -0.15) is 0 Å². The van der Waals surface area contributed by atoms with Gasteiger partial charge in [-0.3, -0.25) is 10.0 Å². The lowest BCUT2D eigenvalue weighted by Crippen LogP contribution is -2.37. The molecule has 0 unspecified atom stereocenters. The summed E-state index contributed by atoms with van der Waals surface area (Å²) in [4.78, 5) is 16.0. The van der Waals surface area contributed by atoms with E-state index in [9.17, 15) is 4.79 Å². The highest BCUT2D eigenvalue weighted by Crippen LogP contribution is 2.30. The second-order valence-corrected chi connectivity index (χ2v) is 7.25. The minimum Gasteiger partial charge on any atom is -0.487 e. The van der Waals surface area contributed by atoms with Crippen molar-refractivity contribution in [3.8, 4) is 5.75 Å². The minimum absolute atomic E-state index is 0.205. The van der Waals surface area contributed by atoms with Crippen molar-refractivity contribution in [3.05, 3.63) is 63.7 Å². The number of amides is 2. The van der Waals surface area contributed by atoms with Crippen molar-refractivity contribution in [2.24, 2.45) is 16.6 Å². The first-order valence-electron chi connectivity index (χ1n) is 9.47. The number of nitrogens with zero attached hydrogens (tertiary/aromatic N) is 2. The molecule has 0 aliphatic heterocycles. The number of carbonyl (C=O) groups is 1. The van der Waals surface area contributed by atoms with Gasteiger partial charge >= 0.3 is 6.03 Å². The third-order valence-corrected chi connectivity index (χ3v) is 5.00. The fraction of sp³-hybridized carbons (Fsp3) is 0.273. The average Bonchev–Trinajstić information content (AvgIpc) is 2.74. The summed E-state index contributed by atoms with van der Waals surface area (Å²) in [5.74, 6) is 6.44. The van der Waals surface area contributed by atoms with Crippen LogP contribution in [0, 0.1) is 6.92 Å². The van der Waals surface area contributed by atoms with E-state index in [0.717, 1.165) is 21.7 Å². The summed E-state index contributed by atoms with van der Waals surface area (Å²) >= 11 is 6.44. The summed E-state index contributed by atoms with van der Waals surface area (Å²) in [5, 5.41) is 4.14. The normalized spacial score (nSPS) is 12.2. The zero-order chi connectivity index (χ0) is 23.1. The molecule has 0 saturated heterocycles. The maximum atomic E-state index is 11.9. The van der Waals surface area contributed by atoms with Gasteiger partial charge < -0.3 is 20.5 Å². The Morgan fingerprint density at radius 1 is 1.29 bits per heavy atom. The lowest BCUT2D eigenvalue weighted by Gasteiger charge is -2.17. The van der Waals surface area contributed by atoms with Crippen LogP contribution in [-0.2, 0) is 11.3 Å². The Labute approximate surface area is 187 Å². The van der Waals surface area contributed by atoms with Crippen LogP contribution in [0.1, 0.15) is 23.6 Å². The van der Waals surface area contributed by atoms with Crippen LogP contribution in [0.4, 0.5) is 10.5 Å². The highest BCUT2D eigenvalue weighted by Gasteiger charge is 2.14. The highest BCUT2D eigenvalue weighted by atomic mass is 35.5. The Morgan fingerprint density at radius 3 is 2.58 bits per heavy atom. The number of nitrogens with one attached hydrogen (secondary N) is 1. The van der Waals surface area contributed by atoms with Crippen molar-refractivity contribution in [3.63, 3.8) is 0 Å². The molecular formula is C22H28ClN5O3. The Morgan fingerprint density at radius 2 is 2.00 bits per heavy atom. The lowest BCUT2D eigenvalue weighted by molar-refractivity contribution is 0.223. The predicted octanol–water partition coefficient (Wildman–Crippen LogP) is 3.93. The molecule has 0 atom stereocenters. The number of hydrogen-bond acceptors (Lipinski definition) is 6. The SMILES string of the molecule is CN=C(OC)C(C)=C(N)c1ccc(OCc2c(C)cccc2NC(=O)N(C)N)c(Cl)c1. The molecule has 2 rings (SSSR count). The van der Waals surface area contributed by atoms with E-state index in [1.54, 1.807) is 25.2 Å². The molecule has 0 aromatic heterocycles. The smallest absolute Gasteiger partial charge is 0.335 e. The van der Waals surface area contributed by atoms with E-state index in [2.05, 4.69) is 10.3 Å². The van der Waals surface area contributed by atoms with Crippen molar-refractivity contribution in [1.82, 2.24) is 5.01 Å². The van der Waals surface area contributed by atoms with Gasteiger partial charge in [-0.1, -0.05) is 23.7 Å². The molecule has 31 heavy (non-hydrogen) atoms. The number of aliphatic imine (C=N–C) groups is 1. The van der Waals surface area contributed by atoms with Crippen molar-refractivity contribution in [2.45, 2.75) is 20.5 Å². The molecule has 0 fully saturated rings. The number of halogens is 1. The van der Waals surface area contributed by atoms with Crippen LogP contribution in [-0.4, -0.2) is 38.1 Å². The summed E-state index contributed by atoms with van der Waals surface area (Å²) in [6.07, 6.45) is 0. The van der Waals surface area contributed by atoms with Gasteiger partial charge in [0.15, 0.2) is 0 Å². The molecule has 0 aliphatic rings. The van der Waals surface area contributed by atoms with Crippen LogP contribution < -0.4 is 21.6 Å². The zero-order valence-corrected chi connectivity index (χ0v) is 19.1. The summed E-state index contributed by atoms with van der Waals surface area (Å²) in [6, 6.07) is 10.4. The monoisotopic (exact) mass is 445 g/mol. The van der Waals surface area contributed by atoms with Crippen LogP contribution in [0.15, 0.2) is 47.0 Å². The molecule has 2 aromatic carbocycles. The molecule has 5 N–H and O–H groups in total. The number of hydrazine groups is 1. The number of aryl methyl sites for hydroxylation is 1. The Hall–Kier alpha value is -3.23. The first kappa shape index (κ1) is 24.0. The highest BCUT2D eigenvalue weighted by molar-refractivity contribution is 6.32. The van der Waals surface area contributed by atoms with Crippen molar-refractivity contribution in [2.75, 3.05) is 26.5 Å². The molecular weight excluding hydrogens is 418 g/mol. The first-order chi connectivity index (χ1) is 14.7. The van der Waals surface area contributed by atoms with E-state index in [4.69, 9.17) is 32.7 Å². The van der Waals surface area contributed by atoms with E-state index in [1.165, 1.54) is 14.2 Å². The van der Waals surface area contributed by atoms with Gasteiger partial charge in [0.1, 0.15) is 12.4 Å². The van der Waals surface area contributed by atoms with Gasteiger partial charge in [-0.25, -0.2) is 10.6 Å². The maximum absolute atomic E-state index is 11.9. The first-order valence-corrected chi connectivity index (χ1v) is 9.85. The largest absolute Gasteiger partial charge is 0.487 e. The Balaban J connectivity index is 2.25. The molecule has 9 heteroatoms. The third-order valence-electron chi connectivity index (χ3n) is 4.71. The third kappa shape index (κ3) is 5.90. The molecule has 0 radical (unpaired) electrons. The molecule has 8 nitrogen and oxygen atoms in total. The van der Waals surface area contributed by atoms with Crippen LogP contribution >= 0.6 is 11.6 Å². The quantitative estimate of drug-likeness (QED) is 0.205. The molecule has 166 valence electrons. The van der Waals surface area contributed by atoms with Gasteiger partial charge in [-0.15, -0.1) is 0 Å². The van der Waals surface area contributed by atoms with Crippen LogP contribution in [0.25, 0.3) is 5.70 Å². The fourth-order valence-electron chi connectivity index (χ4n) is 2.89. The summed E-state index contributed by atoms with van der Waals surface area (Å²) in [6.45, 7) is 3.96. The van der Waals surface area contributed by atoms with Crippen LogP contribution in [0.5, 0.6) is 5.75 Å². The van der Waals surface area contributed by atoms with Gasteiger partial charge in [0.05, 0.1) is 12.1 Å². The summed E-state index contributed by atoms with van der Waals surface area (Å²) in [7, 11) is 4.64. The van der Waals surface area contributed by atoms with Gasteiger partial charge in [0.25, 0.3) is 0 Å². The second-order valence-electron chi connectivity index (χ2n) is 6.85. The van der Waals surface area contributed by atoms with Gasteiger partial charge in [0.2, 0.25) is 5.90 Å². The number of urea groups is 1. The molecule has 2 aromatic rings.